The van der Waals surface area contributed by atoms with Crippen LogP contribution in [0.2, 0.25) is 0 Å². The molecule has 0 aromatic heterocycles. The van der Waals surface area contributed by atoms with Gasteiger partial charge < -0.3 is 10.2 Å². The van der Waals surface area contributed by atoms with Crippen LogP contribution in [0.25, 0.3) is 0 Å². The SMILES string of the molecule is C=CCSCCN1CC(=O)NC(C(C)(C)C)C1=O. The molecule has 1 unspecified atom stereocenters. The highest BCUT2D eigenvalue weighted by Gasteiger charge is 2.39. The molecule has 1 atom stereocenters. The third kappa shape index (κ3) is 4.05. The van der Waals surface area contributed by atoms with Gasteiger partial charge in [-0.15, -0.1) is 6.58 Å². The quantitative estimate of drug-likeness (QED) is 0.605. The summed E-state index contributed by atoms with van der Waals surface area (Å²) >= 11 is 1.72. The lowest BCUT2D eigenvalue weighted by molar-refractivity contribution is -0.147. The summed E-state index contributed by atoms with van der Waals surface area (Å²) in [7, 11) is 0. The third-order valence-electron chi connectivity index (χ3n) is 2.81. The van der Waals surface area contributed by atoms with Gasteiger partial charge in [0, 0.05) is 18.1 Å². The van der Waals surface area contributed by atoms with Crippen LogP contribution < -0.4 is 5.32 Å². The summed E-state index contributed by atoms with van der Waals surface area (Å²) in [6.45, 7) is 10.3. The Bertz CT molecular complexity index is 336. The largest absolute Gasteiger partial charge is 0.342 e. The number of amides is 2. The number of piperazine rings is 1. The first-order chi connectivity index (χ1) is 8.36. The monoisotopic (exact) mass is 270 g/mol. The molecule has 1 fully saturated rings. The Hall–Kier alpha value is -0.970. The van der Waals surface area contributed by atoms with Crippen molar-refractivity contribution >= 4 is 23.6 Å². The van der Waals surface area contributed by atoms with Gasteiger partial charge in [-0.05, 0) is 5.41 Å². The van der Waals surface area contributed by atoms with Gasteiger partial charge in [-0.1, -0.05) is 26.8 Å². The molecule has 4 nitrogen and oxygen atoms in total. The van der Waals surface area contributed by atoms with E-state index in [0.717, 1.165) is 11.5 Å². The lowest BCUT2D eigenvalue weighted by Gasteiger charge is -2.38. The van der Waals surface area contributed by atoms with Crippen molar-refractivity contribution in [1.29, 1.82) is 0 Å². The summed E-state index contributed by atoms with van der Waals surface area (Å²) in [5, 5.41) is 2.78. The molecule has 1 aliphatic rings. The molecule has 0 aromatic rings. The Balaban J connectivity index is 2.59. The number of nitrogens with zero attached hydrogens (tertiary/aromatic N) is 1. The highest BCUT2D eigenvalue weighted by Crippen LogP contribution is 2.23. The molecule has 0 saturated carbocycles. The van der Waals surface area contributed by atoms with Gasteiger partial charge in [-0.25, -0.2) is 0 Å². The first kappa shape index (κ1) is 15.1. The maximum Gasteiger partial charge on any atom is 0.246 e. The van der Waals surface area contributed by atoms with E-state index in [1.165, 1.54) is 0 Å². The van der Waals surface area contributed by atoms with E-state index < -0.39 is 6.04 Å². The van der Waals surface area contributed by atoms with Crippen molar-refractivity contribution < 1.29 is 9.59 Å². The van der Waals surface area contributed by atoms with Crippen molar-refractivity contribution in [3.8, 4) is 0 Å². The second kappa shape index (κ2) is 6.27. The van der Waals surface area contributed by atoms with E-state index in [4.69, 9.17) is 0 Å². The number of hydrogen-bond acceptors (Lipinski definition) is 3. The van der Waals surface area contributed by atoms with Crippen LogP contribution in [0.1, 0.15) is 20.8 Å². The lowest BCUT2D eigenvalue weighted by Crippen LogP contribution is -2.62. The van der Waals surface area contributed by atoms with Crippen LogP contribution in [0.4, 0.5) is 0 Å². The van der Waals surface area contributed by atoms with E-state index in [2.05, 4.69) is 11.9 Å². The van der Waals surface area contributed by atoms with Gasteiger partial charge in [0.15, 0.2) is 0 Å². The second-order valence-corrected chi connectivity index (χ2v) is 6.64. The summed E-state index contributed by atoms with van der Waals surface area (Å²) in [5.74, 6) is 1.67. The topological polar surface area (TPSA) is 49.4 Å². The molecule has 2 amide bonds. The first-order valence-electron chi connectivity index (χ1n) is 6.13. The van der Waals surface area contributed by atoms with Gasteiger partial charge in [0.1, 0.15) is 6.04 Å². The molecule has 1 aliphatic heterocycles. The highest BCUT2D eigenvalue weighted by atomic mass is 32.2. The number of thioether (sulfide) groups is 1. The molecular weight excluding hydrogens is 248 g/mol. The maximum absolute atomic E-state index is 12.3. The maximum atomic E-state index is 12.3. The average molecular weight is 270 g/mol. The predicted molar refractivity (Wildman–Crippen MR) is 75.5 cm³/mol. The van der Waals surface area contributed by atoms with E-state index in [0.29, 0.717) is 6.54 Å². The van der Waals surface area contributed by atoms with Gasteiger partial charge in [-0.3, -0.25) is 9.59 Å². The summed E-state index contributed by atoms with van der Waals surface area (Å²) in [6.07, 6.45) is 1.84. The Morgan fingerprint density at radius 1 is 1.50 bits per heavy atom. The molecule has 0 aromatic carbocycles. The van der Waals surface area contributed by atoms with E-state index in [1.54, 1.807) is 16.7 Å². The van der Waals surface area contributed by atoms with E-state index >= 15 is 0 Å². The van der Waals surface area contributed by atoms with Gasteiger partial charge in [0.25, 0.3) is 0 Å². The molecule has 1 heterocycles. The molecule has 18 heavy (non-hydrogen) atoms. The minimum absolute atomic E-state index is 0.0290. The molecule has 1 N–H and O–H groups in total. The van der Waals surface area contributed by atoms with Crippen molar-refractivity contribution in [3.63, 3.8) is 0 Å². The van der Waals surface area contributed by atoms with Gasteiger partial charge in [0.05, 0.1) is 6.54 Å². The molecule has 0 radical (unpaired) electrons. The molecule has 1 rings (SSSR count). The zero-order valence-corrected chi connectivity index (χ0v) is 12.2. The van der Waals surface area contributed by atoms with Crippen molar-refractivity contribution in [1.82, 2.24) is 10.2 Å². The summed E-state index contributed by atoms with van der Waals surface area (Å²) in [4.78, 5) is 25.6. The minimum atomic E-state index is -0.414. The number of rotatable bonds is 5. The summed E-state index contributed by atoms with van der Waals surface area (Å²) in [5.41, 5.74) is -0.250. The molecule has 0 spiro atoms. The van der Waals surface area contributed by atoms with E-state index in [9.17, 15) is 9.59 Å². The lowest BCUT2D eigenvalue weighted by atomic mass is 9.85. The molecule has 0 aliphatic carbocycles. The van der Waals surface area contributed by atoms with Gasteiger partial charge in [0.2, 0.25) is 11.8 Å². The number of hydrogen-bond donors (Lipinski definition) is 1. The van der Waals surface area contributed by atoms with Gasteiger partial charge >= 0.3 is 0 Å². The van der Waals surface area contributed by atoms with Crippen molar-refractivity contribution in [3.05, 3.63) is 12.7 Å². The fourth-order valence-electron chi connectivity index (χ4n) is 1.82. The Morgan fingerprint density at radius 3 is 2.72 bits per heavy atom. The number of carbonyl (C=O) groups is 2. The van der Waals surface area contributed by atoms with Crippen LogP contribution in [-0.4, -0.2) is 47.4 Å². The fraction of sp³-hybridized carbons (Fsp3) is 0.692. The van der Waals surface area contributed by atoms with E-state index in [1.807, 2.05) is 26.8 Å². The zero-order chi connectivity index (χ0) is 13.8. The average Bonchev–Trinajstić information content (AvgIpc) is 2.27. The molecular formula is C13H22N2O2S. The van der Waals surface area contributed by atoms with Crippen LogP contribution >= 0.6 is 11.8 Å². The Kier molecular flexibility index (Phi) is 5.26. The predicted octanol–water partition coefficient (Wildman–Crippen LogP) is 1.28. The first-order valence-corrected chi connectivity index (χ1v) is 7.28. The van der Waals surface area contributed by atoms with E-state index in [-0.39, 0.29) is 23.8 Å². The Labute approximate surface area is 113 Å². The van der Waals surface area contributed by atoms with Crippen LogP contribution in [0.15, 0.2) is 12.7 Å². The number of carbonyl (C=O) groups excluding carboxylic acids is 2. The third-order valence-corrected chi connectivity index (χ3v) is 3.75. The van der Waals surface area contributed by atoms with Crippen molar-refractivity contribution in [2.75, 3.05) is 24.6 Å². The molecule has 1 saturated heterocycles. The Morgan fingerprint density at radius 2 is 2.17 bits per heavy atom. The van der Waals surface area contributed by atoms with Crippen molar-refractivity contribution in [2.45, 2.75) is 26.8 Å². The zero-order valence-electron chi connectivity index (χ0n) is 11.4. The standard InChI is InChI=1S/C13H22N2O2S/c1-5-7-18-8-6-15-9-10(16)14-11(12(15)17)13(2,3)4/h5,11H,1,6-9H2,2-4H3,(H,14,16). The molecule has 0 bridgehead atoms. The summed E-state index contributed by atoms with van der Waals surface area (Å²) in [6, 6.07) is -0.414. The van der Waals surface area contributed by atoms with Crippen LogP contribution in [-0.2, 0) is 9.59 Å². The smallest absolute Gasteiger partial charge is 0.246 e. The van der Waals surface area contributed by atoms with Crippen LogP contribution in [0.5, 0.6) is 0 Å². The normalized spacial score (nSPS) is 20.8. The second-order valence-electron chi connectivity index (χ2n) is 5.49. The fourth-order valence-corrected chi connectivity index (χ4v) is 2.50. The summed E-state index contributed by atoms with van der Waals surface area (Å²) < 4.78 is 0. The van der Waals surface area contributed by atoms with Gasteiger partial charge in [-0.2, -0.15) is 11.8 Å². The van der Waals surface area contributed by atoms with Crippen molar-refractivity contribution in [2.24, 2.45) is 5.41 Å². The molecule has 5 heteroatoms. The van der Waals surface area contributed by atoms with Crippen LogP contribution in [0, 0.1) is 5.41 Å². The number of nitrogens with one attached hydrogen (secondary N) is 1. The minimum Gasteiger partial charge on any atom is -0.342 e. The highest BCUT2D eigenvalue weighted by molar-refractivity contribution is 7.99. The van der Waals surface area contributed by atoms with Crippen LogP contribution in [0.3, 0.4) is 0 Å². The molecule has 102 valence electrons.